The van der Waals surface area contributed by atoms with Gasteiger partial charge in [0.25, 0.3) is 0 Å². The van der Waals surface area contributed by atoms with Gasteiger partial charge in [0.1, 0.15) is 11.6 Å². The number of para-hydroxylation sites is 1. The summed E-state index contributed by atoms with van der Waals surface area (Å²) in [6.45, 7) is 3.44. The van der Waals surface area contributed by atoms with Gasteiger partial charge in [-0.1, -0.05) is 24.3 Å². The number of carbonyl (C=O) groups is 1. The summed E-state index contributed by atoms with van der Waals surface area (Å²) in [5.41, 5.74) is 3.44. The molecule has 0 fully saturated rings. The maximum Gasteiger partial charge on any atom is 0.344 e. The molecule has 0 saturated heterocycles. The van der Waals surface area contributed by atoms with E-state index in [1.807, 2.05) is 60.7 Å². The highest BCUT2D eigenvalue weighted by atomic mass is 16.6. The van der Waals surface area contributed by atoms with Gasteiger partial charge in [0.2, 0.25) is 0 Å². The van der Waals surface area contributed by atoms with Crippen LogP contribution in [-0.2, 0) is 9.53 Å². The molecule has 8 heteroatoms. The molecule has 0 aliphatic carbocycles. The Labute approximate surface area is 196 Å². The minimum atomic E-state index is -0.413. The van der Waals surface area contributed by atoms with Gasteiger partial charge in [-0.25, -0.2) is 14.8 Å². The number of aromatic amines is 1. The molecule has 3 aromatic carbocycles. The molecule has 0 unspecified atom stereocenters. The van der Waals surface area contributed by atoms with Crippen LogP contribution in [0.3, 0.4) is 0 Å². The minimum Gasteiger partial charge on any atom is -0.482 e. The minimum absolute atomic E-state index is 0.163. The van der Waals surface area contributed by atoms with Crippen molar-refractivity contribution in [2.45, 2.75) is 20.0 Å². The van der Waals surface area contributed by atoms with Crippen molar-refractivity contribution in [3.8, 4) is 17.1 Å². The number of aromatic nitrogens is 4. The third kappa shape index (κ3) is 4.66. The van der Waals surface area contributed by atoms with Crippen molar-refractivity contribution in [2.24, 2.45) is 0 Å². The van der Waals surface area contributed by atoms with Gasteiger partial charge in [-0.2, -0.15) is 5.10 Å². The quantitative estimate of drug-likeness (QED) is 0.325. The molecule has 0 aliphatic heterocycles. The molecule has 34 heavy (non-hydrogen) atoms. The van der Waals surface area contributed by atoms with Crippen LogP contribution in [0.25, 0.3) is 33.2 Å². The van der Waals surface area contributed by atoms with Crippen LogP contribution in [-0.4, -0.2) is 38.8 Å². The molecule has 2 heterocycles. The predicted octanol–water partition coefficient (Wildman–Crippen LogP) is 5.25. The molecular formula is C26H23N5O3. The molecule has 5 rings (SSSR count). The van der Waals surface area contributed by atoms with E-state index in [1.54, 1.807) is 26.1 Å². The fraction of sp³-hybridized carbons (Fsp3) is 0.154. The molecule has 0 spiro atoms. The van der Waals surface area contributed by atoms with E-state index in [2.05, 4.69) is 15.5 Å². The van der Waals surface area contributed by atoms with Gasteiger partial charge in [-0.15, -0.1) is 0 Å². The summed E-state index contributed by atoms with van der Waals surface area (Å²) < 4.78 is 10.7. The Morgan fingerprint density at radius 2 is 1.91 bits per heavy atom. The van der Waals surface area contributed by atoms with E-state index in [9.17, 15) is 4.79 Å². The molecule has 8 nitrogen and oxygen atoms in total. The first-order chi connectivity index (χ1) is 16.5. The molecule has 0 bridgehead atoms. The lowest BCUT2D eigenvalue weighted by atomic mass is 10.1. The SMILES string of the molecule is CC(C)OC(=O)COc1cccc(-c2nc(Nc3ccc4[nH]ncc4c3)c3ccccc3n2)c1. The second kappa shape index (κ2) is 9.19. The van der Waals surface area contributed by atoms with Crippen LogP contribution in [0.5, 0.6) is 5.75 Å². The number of carbonyl (C=O) groups excluding carboxylic acids is 1. The number of rotatable bonds is 7. The zero-order valence-corrected chi connectivity index (χ0v) is 18.8. The zero-order valence-electron chi connectivity index (χ0n) is 18.8. The highest BCUT2D eigenvalue weighted by Crippen LogP contribution is 2.29. The summed E-state index contributed by atoms with van der Waals surface area (Å²) in [5, 5.41) is 12.4. The van der Waals surface area contributed by atoms with E-state index >= 15 is 0 Å². The van der Waals surface area contributed by atoms with Crippen LogP contribution >= 0.6 is 0 Å². The second-order valence-electron chi connectivity index (χ2n) is 8.07. The van der Waals surface area contributed by atoms with Gasteiger partial charge >= 0.3 is 5.97 Å². The van der Waals surface area contributed by atoms with Crippen molar-refractivity contribution in [2.75, 3.05) is 11.9 Å². The third-order valence-corrected chi connectivity index (χ3v) is 5.12. The number of nitrogens with one attached hydrogen (secondary N) is 2. The van der Waals surface area contributed by atoms with E-state index in [0.29, 0.717) is 17.4 Å². The maximum atomic E-state index is 11.8. The second-order valence-corrected chi connectivity index (χ2v) is 8.07. The number of hydrogen-bond acceptors (Lipinski definition) is 7. The third-order valence-electron chi connectivity index (χ3n) is 5.12. The summed E-state index contributed by atoms with van der Waals surface area (Å²) in [7, 11) is 0. The maximum absolute atomic E-state index is 11.8. The monoisotopic (exact) mass is 453 g/mol. The molecule has 0 radical (unpaired) electrons. The van der Waals surface area contributed by atoms with E-state index in [0.717, 1.165) is 33.1 Å². The smallest absolute Gasteiger partial charge is 0.344 e. The van der Waals surface area contributed by atoms with Crippen molar-refractivity contribution in [3.63, 3.8) is 0 Å². The molecule has 2 N–H and O–H groups in total. The fourth-order valence-corrected chi connectivity index (χ4v) is 3.62. The van der Waals surface area contributed by atoms with Gasteiger partial charge in [-0.3, -0.25) is 5.10 Å². The van der Waals surface area contributed by atoms with Crippen LogP contribution in [0.4, 0.5) is 11.5 Å². The van der Waals surface area contributed by atoms with E-state index < -0.39 is 5.97 Å². The summed E-state index contributed by atoms with van der Waals surface area (Å²) in [4.78, 5) is 21.4. The number of ether oxygens (including phenoxy) is 2. The lowest BCUT2D eigenvalue weighted by molar-refractivity contribution is -0.149. The normalized spacial score (nSPS) is 11.1. The first-order valence-electron chi connectivity index (χ1n) is 10.9. The Kier molecular flexibility index (Phi) is 5.78. The molecule has 5 aromatic rings. The average molecular weight is 454 g/mol. The Bertz CT molecular complexity index is 1480. The first kappa shape index (κ1) is 21.4. The van der Waals surface area contributed by atoms with E-state index in [1.165, 1.54) is 0 Å². The molecular weight excluding hydrogens is 430 g/mol. The van der Waals surface area contributed by atoms with Crippen LogP contribution < -0.4 is 10.1 Å². The Balaban J connectivity index is 1.46. The molecule has 2 aromatic heterocycles. The van der Waals surface area contributed by atoms with Crippen LogP contribution in [0, 0.1) is 0 Å². The number of hydrogen-bond donors (Lipinski definition) is 2. The summed E-state index contributed by atoms with van der Waals surface area (Å²) in [6, 6.07) is 21.1. The molecule has 170 valence electrons. The molecule has 0 amide bonds. The summed E-state index contributed by atoms with van der Waals surface area (Å²) >= 11 is 0. The van der Waals surface area contributed by atoms with E-state index in [4.69, 9.17) is 19.4 Å². The summed E-state index contributed by atoms with van der Waals surface area (Å²) in [5.74, 6) is 1.36. The lowest BCUT2D eigenvalue weighted by Gasteiger charge is -2.12. The van der Waals surface area contributed by atoms with Crippen LogP contribution in [0.2, 0.25) is 0 Å². The topological polar surface area (TPSA) is 102 Å². The fourth-order valence-electron chi connectivity index (χ4n) is 3.62. The lowest BCUT2D eigenvalue weighted by Crippen LogP contribution is -2.18. The van der Waals surface area contributed by atoms with Crippen molar-refractivity contribution < 1.29 is 14.3 Å². The van der Waals surface area contributed by atoms with Gasteiger partial charge < -0.3 is 14.8 Å². The predicted molar refractivity (Wildman–Crippen MR) is 131 cm³/mol. The van der Waals surface area contributed by atoms with Crippen molar-refractivity contribution in [1.82, 2.24) is 20.2 Å². The van der Waals surface area contributed by atoms with Gasteiger partial charge in [-0.05, 0) is 56.3 Å². The largest absolute Gasteiger partial charge is 0.482 e. The molecule has 0 saturated carbocycles. The highest BCUT2D eigenvalue weighted by Gasteiger charge is 2.12. The van der Waals surface area contributed by atoms with Crippen molar-refractivity contribution in [1.29, 1.82) is 0 Å². The number of benzene rings is 3. The van der Waals surface area contributed by atoms with Gasteiger partial charge in [0, 0.05) is 22.0 Å². The Morgan fingerprint density at radius 3 is 2.79 bits per heavy atom. The number of nitrogens with zero attached hydrogens (tertiary/aromatic N) is 3. The number of H-pyrrole nitrogens is 1. The number of esters is 1. The van der Waals surface area contributed by atoms with Crippen molar-refractivity contribution in [3.05, 3.63) is 72.9 Å². The van der Waals surface area contributed by atoms with Crippen LogP contribution in [0.1, 0.15) is 13.8 Å². The standard InChI is InChI=1S/C26H23N5O3/c1-16(2)34-24(32)15-33-20-7-5-6-17(13-20)25-29-23-9-4-3-8-21(23)26(30-25)28-19-10-11-22-18(12-19)14-27-31-22/h3-14,16H,15H2,1-2H3,(H,27,31)(H,28,29,30). The summed E-state index contributed by atoms with van der Waals surface area (Å²) in [6.07, 6.45) is 1.60. The Hall–Kier alpha value is -4.46. The molecule has 0 atom stereocenters. The first-order valence-corrected chi connectivity index (χ1v) is 10.9. The average Bonchev–Trinajstić information content (AvgIpc) is 3.30. The number of fused-ring (bicyclic) bond motifs is 2. The Morgan fingerprint density at radius 1 is 1.03 bits per heavy atom. The van der Waals surface area contributed by atoms with Crippen molar-refractivity contribution >= 4 is 39.3 Å². The molecule has 0 aliphatic rings. The zero-order chi connectivity index (χ0) is 23.5. The highest BCUT2D eigenvalue weighted by molar-refractivity contribution is 5.93. The van der Waals surface area contributed by atoms with Crippen LogP contribution in [0.15, 0.2) is 72.9 Å². The number of anilines is 2. The van der Waals surface area contributed by atoms with E-state index in [-0.39, 0.29) is 12.7 Å². The van der Waals surface area contributed by atoms with Gasteiger partial charge in [0.05, 0.1) is 23.3 Å². The van der Waals surface area contributed by atoms with Gasteiger partial charge in [0.15, 0.2) is 12.4 Å².